The number of carbonyl (C=O) groups excluding carboxylic acids is 1. The molecule has 0 bridgehead atoms. The molecule has 0 aliphatic heterocycles. The highest BCUT2D eigenvalue weighted by Crippen LogP contribution is 2.28. The normalized spacial score (nSPS) is 10.2. The summed E-state index contributed by atoms with van der Waals surface area (Å²) in [4.78, 5) is 15.8. The molecule has 0 atom stereocenters. The molecule has 0 saturated carbocycles. The Bertz CT molecular complexity index is 539. The first-order valence-electron chi connectivity index (χ1n) is 5.10. The number of esters is 1. The van der Waals surface area contributed by atoms with Crippen molar-refractivity contribution in [1.29, 1.82) is 0 Å². The van der Waals surface area contributed by atoms with Crippen LogP contribution in [0.2, 0.25) is 0 Å². The van der Waals surface area contributed by atoms with E-state index in [4.69, 9.17) is 4.74 Å². The molecule has 0 saturated heterocycles. The lowest BCUT2D eigenvalue weighted by Crippen LogP contribution is -2.04. The van der Waals surface area contributed by atoms with Gasteiger partial charge in [0.15, 0.2) is 5.69 Å². The fraction of sp³-hybridized carbons (Fsp3) is 0.167. The number of rotatable bonds is 3. The molecule has 2 rings (SSSR count). The van der Waals surface area contributed by atoms with Crippen LogP contribution in [0, 0.1) is 3.57 Å². The van der Waals surface area contributed by atoms with Gasteiger partial charge in [-0.25, -0.2) is 9.78 Å². The first kappa shape index (κ1) is 12.5. The van der Waals surface area contributed by atoms with Crippen molar-refractivity contribution >= 4 is 39.9 Å². The van der Waals surface area contributed by atoms with Crippen LogP contribution in [-0.2, 0) is 4.74 Å². The van der Waals surface area contributed by atoms with Gasteiger partial charge in [-0.2, -0.15) is 0 Å². The summed E-state index contributed by atoms with van der Waals surface area (Å²) in [5.41, 5.74) is 1.43. The van der Waals surface area contributed by atoms with Gasteiger partial charge in [-0.1, -0.05) is 18.2 Å². The second-order valence-electron chi connectivity index (χ2n) is 3.24. The fourth-order valence-electron chi connectivity index (χ4n) is 1.33. The molecule has 0 unspecified atom stereocenters. The van der Waals surface area contributed by atoms with Gasteiger partial charge in [-0.3, -0.25) is 0 Å². The zero-order valence-corrected chi connectivity index (χ0v) is 12.1. The van der Waals surface area contributed by atoms with Gasteiger partial charge in [0, 0.05) is 14.5 Å². The van der Waals surface area contributed by atoms with Crippen molar-refractivity contribution < 1.29 is 9.53 Å². The molecule has 17 heavy (non-hydrogen) atoms. The van der Waals surface area contributed by atoms with E-state index in [0.717, 1.165) is 14.1 Å². The van der Waals surface area contributed by atoms with Gasteiger partial charge in [-0.15, -0.1) is 11.3 Å². The molecule has 5 heteroatoms. The van der Waals surface area contributed by atoms with Crippen LogP contribution in [0.4, 0.5) is 0 Å². The number of hydrogen-bond donors (Lipinski definition) is 0. The van der Waals surface area contributed by atoms with E-state index in [1.54, 1.807) is 12.3 Å². The van der Waals surface area contributed by atoms with E-state index in [1.165, 1.54) is 11.3 Å². The van der Waals surface area contributed by atoms with Gasteiger partial charge in [0.2, 0.25) is 0 Å². The minimum Gasteiger partial charge on any atom is -0.461 e. The third-order valence-electron chi connectivity index (χ3n) is 2.09. The summed E-state index contributed by atoms with van der Waals surface area (Å²) in [6, 6.07) is 7.95. The SMILES string of the molecule is CCOC(=O)c1csc(-c2ccccc2I)n1. The summed E-state index contributed by atoms with van der Waals surface area (Å²) in [7, 11) is 0. The third kappa shape index (κ3) is 2.84. The summed E-state index contributed by atoms with van der Waals surface area (Å²) >= 11 is 3.71. The van der Waals surface area contributed by atoms with Crippen LogP contribution in [0.5, 0.6) is 0 Å². The molecule has 3 nitrogen and oxygen atoms in total. The maximum absolute atomic E-state index is 11.5. The predicted molar refractivity (Wildman–Crippen MR) is 76.2 cm³/mol. The highest BCUT2D eigenvalue weighted by Gasteiger charge is 2.13. The Balaban J connectivity index is 2.30. The van der Waals surface area contributed by atoms with Gasteiger partial charge in [0.05, 0.1) is 6.61 Å². The molecule has 0 radical (unpaired) electrons. The zero-order chi connectivity index (χ0) is 12.3. The van der Waals surface area contributed by atoms with Gasteiger partial charge in [0.25, 0.3) is 0 Å². The van der Waals surface area contributed by atoms with E-state index < -0.39 is 0 Å². The Hall–Kier alpha value is -0.950. The smallest absolute Gasteiger partial charge is 0.357 e. The van der Waals surface area contributed by atoms with Crippen molar-refractivity contribution in [3.8, 4) is 10.6 Å². The lowest BCUT2D eigenvalue weighted by atomic mass is 10.2. The number of ether oxygens (including phenoxy) is 1. The second kappa shape index (κ2) is 5.59. The highest BCUT2D eigenvalue weighted by atomic mass is 127. The molecule has 0 aliphatic carbocycles. The number of carbonyl (C=O) groups is 1. The Morgan fingerprint density at radius 2 is 2.24 bits per heavy atom. The Labute approximate surface area is 117 Å². The lowest BCUT2D eigenvalue weighted by Gasteiger charge is -1.99. The first-order chi connectivity index (χ1) is 8.22. The average Bonchev–Trinajstić information content (AvgIpc) is 2.79. The Morgan fingerprint density at radius 1 is 1.47 bits per heavy atom. The summed E-state index contributed by atoms with van der Waals surface area (Å²) in [5, 5.41) is 2.58. The van der Waals surface area contributed by atoms with Crippen molar-refractivity contribution in [3.63, 3.8) is 0 Å². The second-order valence-corrected chi connectivity index (χ2v) is 5.26. The van der Waals surface area contributed by atoms with Gasteiger partial charge < -0.3 is 4.74 Å². The number of halogens is 1. The van der Waals surface area contributed by atoms with Crippen molar-refractivity contribution in [1.82, 2.24) is 4.98 Å². The van der Waals surface area contributed by atoms with Crippen LogP contribution in [0.25, 0.3) is 10.6 Å². The topological polar surface area (TPSA) is 39.2 Å². The number of nitrogens with zero attached hydrogens (tertiary/aromatic N) is 1. The molecule has 0 spiro atoms. The molecule has 0 fully saturated rings. The van der Waals surface area contributed by atoms with Crippen LogP contribution in [-0.4, -0.2) is 17.6 Å². The largest absolute Gasteiger partial charge is 0.461 e. The molecular weight excluding hydrogens is 349 g/mol. The molecule has 0 aliphatic rings. The molecule has 0 amide bonds. The van der Waals surface area contributed by atoms with Crippen molar-refractivity contribution in [2.45, 2.75) is 6.92 Å². The maximum Gasteiger partial charge on any atom is 0.357 e. The number of hydrogen-bond acceptors (Lipinski definition) is 4. The molecular formula is C12H10INO2S. The third-order valence-corrected chi connectivity index (χ3v) is 3.91. The molecule has 88 valence electrons. The fourth-order valence-corrected chi connectivity index (χ4v) is 2.98. The summed E-state index contributed by atoms with van der Waals surface area (Å²) < 4.78 is 6.03. The van der Waals surface area contributed by atoms with E-state index in [1.807, 2.05) is 24.3 Å². The van der Waals surface area contributed by atoms with Crippen molar-refractivity contribution in [3.05, 3.63) is 38.9 Å². The van der Waals surface area contributed by atoms with Crippen LogP contribution >= 0.6 is 33.9 Å². The number of benzene rings is 1. The van der Waals surface area contributed by atoms with Crippen LogP contribution in [0.3, 0.4) is 0 Å². The van der Waals surface area contributed by atoms with Gasteiger partial charge in [-0.05, 0) is 35.6 Å². The quantitative estimate of drug-likeness (QED) is 0.621. The molecule has 1 aromatic heterocycles. The van der Waals surface area contributed by atoms with Gasteiger partial charge in [0.1, 0.15) is 5.01 Å². The van der Waals surface area contributed by atoms with E-state index in [0.29, 0.717) is 12.3 Å². The molecule has 1 heterocycles. The molecule has 0 N–H and O–H groups in total. The minimum atomic E-state index is -0.360. The summed E-state index contributed by atoms with van der Waals surface area (Å²) in [5.74, 6) is -0.360. The highest BCUT2D eigenvalue weighted by molar-refractivity contribution is 14.1. The summed E-state index contributed by atoms with van der Waals surface area (Å²) in [6.07, 6.45) is 0. The Kier molecular flexibility index (Phi) is 4.11. The molecule has 2 aromatic rings. The average molecular weight is 359 g/mol. The van der Waals surface area contributed by atoms with E-state index in [-0.39, 0.29) is 5.97 Å². The van der Waals surface area contributed by atoms with Crippen molar-refractivity contribution in [2.75, 3.05) is 6.61 Å². The summed E-state index contributed by atoms with van der Waals surface area (Å²) in [6.45, 7) is 2.15. The van der Waals surface area contributed by atoms with E-state index >= 15 is 0 Å². The standard InChI is InChI=1S/C12H10INO2S/c1-2-16-12(15)10-7-17-11(14-10)8-5-3-4-6-9(8)13/h3-7H,2H2,1H3. The number of thiazole rings is 1. The Morgan fingerprint density at radius 3 is 2.94 bits per heavy atom. The lowest BCUT2D eigenvalue weighted by molar-refractivity contribution is 0.0520. The van der Waals surface area contributed by atoms with E-state index in [2.05, 4.69) is 27.6 Å². The number of aromatic nitrogens is 1. The molecule has 1 aromatic carbocycles. The first-order valence-corrected chi connectivity index (χ1v) is 7.05. The monoisotopic (exact) mass is 359 g/mol. The van der Waals surface area contributed by atoms with Crippen LogP contribution in [0.1, 0.15) is 17.4 Å². The van der Waals surface area contributed by atoms with Crippen molar-refractivity contribution in [2.24, 2.45) is 0 Å². The van der Waals surface area contributed by atoms with E-state index in [9.17, 15) is 4.79 Å². The maximum atomic E-state index is 11.5. The predicted octanol–water partition coefficient (Wildman–Crippen LogP) is 3.59. The van der Waals surface area contributed by atoms with Crippen LogP contribution in [0.15, 0.2) is 29.6 Å². The zero-order valence-electron chi connectivity index (χ0n) is 9.14. The van der Waals surface area contributed by atoms with Gasteiger partial charge >= 0.3 is 5.97 Å². The minimum absolute atomic E-state index is 0.360. The van der Waals surface area contributed by atoms with Crippen LogP contribution < -0.4 is 0 Å².